The Bertz CT molecular complexity index is 517. The minimum absolute atomic E-state index is 0.000231. The van der Waals surface area contributed by atoms with Crippen LogP contribution in [0.25, 0.3) is 0 Å². The van der Waals surface area contributed by atoms with Crippen LogP contribution in [0, 0.1) is 18.3 Å². The molecule has 0 saturated heterocycles. The molecule has 0 bridgehead atoms. The summed E-state index contributed by atoms with van der Waals surface area (Å²) in [4.78, 5) is 18.6. The molecule has 19 heavy (non-hydrogen) atoms. The maximum Gasteiger partial charge on any atom is 0.254 e. The summed E-state index contributed by atoms with van der Waals surface area (Å²) in [5.74, 6) is 0.694. The van der Waals surface area contributed by atoms with E-state index in [1.165, 1.54) is 0 Å². The number of hydrogen-bond donors (Lipinski definition) is 1. The molecule has 1 amide bonds. The molecule has 0 radical (unpaired) electrons. The second-order valence-corrected chi connectivity index (χ2v) is 4.77. The van der Waals surface area contributed by atoms with Gasteiger partial charge in [-0.05, 0) is 31.9 Å². The molecule has 0 atom stereocenters. The predicted molar refractivity (Wildman–Crippen MR) is 72.8 cm³/mol. The van der Waals surface area contributed by atoms with Gasteiger partial charge >= 0.3 is 0 Å². The van der Waals surface area contributed by atoms with Crippen molar-refractivity contribution in [2.45, 2.75) is 32.2 Å². The number of aryl methyl sites for hydroxylation is 1. The van der Waals surface area contributed by atoms with Gasteiger partial charge in [0.05, 0.1) is 12.5 Å². The number of nitriles is 1. The Hall–Kier alpha value is -2.09. The lowest BCUT2D eigenvalue weighted by Gasteiger charge is -2.21. The number of aromatic nitrogens is 1. The summed E-state index contributed by atoms with van der Waals surface area (Å²) in [6, 6.07) is 5.97. The normalized spacial score (nSPS) is 13.7. The Morgan fingerprint density at radius 3 is 2.89 bits per heavy atom. The fourth-order valence-electron chi connectivity index (χ4n) is 2.09. The summed E-state index contributed by atoms with van der Waals surface area (Å²) in [5.41, 5.74) is 1.45. The highest BCUT2D eigenvalue weighted by Gasteiger charge is 2.32. The average molecular weight is 258 g/mol. The Balaban J connectivity index is 2.21. The van der Waals surface area contributed by atoms with E-state index >= 15 is 0 Å². The van der Waals surface area contributed by atoms with Crippen molar-refractivity contribution in [3.05, 3.63) is 23.4 Å². The summed E-state index contributed by atoms with van der Waals surface area (Å²) in [5, 5.41) is 11.6. The van der Waals surface area contributed by atoms with Gasteiger partial charge in [-0.25, -0.2) is 4.98 Å². The van der Waals surface area contributed by atoms with Gasteiger partial charge in [-0.1, -0.05) is 0 Å². The lowest BCUT2D eigenvalue weighted by molar-refractivity contribution is 0.0746. The third kappa shape index (κ3) is 3.22. The zero-order valence-corrected chi connectivity index (χ0v) is 11.3. The van der Waals surface area contributed by atoms with Crippen molar-refractivity contribution >= 4 is 11.7 Å². The summed E-state index contributed by atoms with van der Waals surface area (Å²) >= 11 is 0. The molecule has 100 valence electrons. The standard InChI is InChI=1S/C14H18N4O/c1-10-8-11(9-13(16-2)17-10)14(19)18(7-3-6-15)12-4-5-12/h8-9,12H,3-5,7H2,1-2H3,(H,16,17). The Morgan fingerprint density at radius 2 is 2.32 bits per heavy atom. The van der Waals surface area contributed by atoms with Crippen molar-refractivity contribution in [3.8, 4) is 6.07 Å². The lowest BCUT2D eigenvalue weighted by Crippen LogP contribution is -2.34. The Labute approximate surface area is 113 Å². The molecule has 5 nitrogen and oxygen atoms in total. The molecular weight excluding hydrogens is 240 g/mol. The van der Waals surface area contributed by atoms with Crippen molar-refractivity contribution < 1.29 is 4.79 Å². The van der Waals surface area contributed by atoms with E-state index in [1.807, 2.05) is 11.8 Å². The van der Waals surface area contributed by atoms with Crippen LogP contribution in [0.2, 0.25) is 0 Å². The zero-order valence-electron chi connectivity index (χ0n) is 11.3. The second-order valence-electron chi connectivity index (χ2n) is 4.77. The van der Waals surface area contributed by atoms with Crippen molar-refractivity contribution in [2.24, 2.45) is 0 Å². The fourth-order valence-corrected chi connectivity index (χ4v) is 2.09. The van der Waals surface area contributed by atoms with Gasteiger partial charge in [-0.3, -0.25) is 4.79 Å². The van der Waals surface area contributed by atoms with Crippen LogP contribution in [0.5, 0.6) is 0 Å². The van der Waals surface area contributed by atoms with Crippen LogP contribution in [0.3, 0.4) is 0 Å². The summed E-state index contributed by atoms with van der Waals surface area (Å²) in [6.07, 6.45) is 2.46. The van der Waals surface area contributed by atoms with Crippen LogP contribution in [0.15, 0.2) is 12.1 Å². The SMILES string of the molecule is CNc1cc(C(=O)N(CCC#N)C2CC2)cc(C)n1. The van der Waals surface area contributed by atoms with E-state index in [9.17, 15) is 4.79 Å². The van der Waals surface area contributed by atoms with E-state index in [4.69, 9.17) is 5.26 Å². The van der Waals surface area contributed by atoms with E-state index < -0.39 is 0 Å². The lowest BCUT2D eigenvalue weighted by atomic mass is 10.2. The minimum atomic E-state index is -0.000231. The fraction of sp³-hybridized carbons (Fsp3) is 0.500. The molecular formula is C14H18N4O. The molecule has 5 heteroatoms. The zero-order chi connectivity index (χ0) is 13.8. The van der Waals surface area contributed by atoms with E-state index in [0.29, 0.717) is 30.4 Å². The monoisotopic (exact) mass is 258 g/mol. The van der Waals surface area contributed by atoms with Crippen LogP contribution in [-0.2, 0) is 0 Å². The maximum atomic E-state index is 12.5. The van der Waals surface area contributed by atoms with Crippen LogP contribution < -0.4 is 5.32 Å². The van der Waals surface area contributed by atoms with Crippen molar-refractivity contribution in [3.63, 3.8) is 0 Å². The number of anilines is 1. The number of rotatable bonds is 5. The van der Waals surface area contributed by atoms with E-state index in [2.05, 4.69) is 16.4 Å². The first-order chi connectivity index (χ1) is 9.15. The molecule has 0 spiro atoms. The molecule has 0 unspecified atom stereocenters. The molecule has 1 heterocycles. The molecule has 0 aromatic carbocycles. The molecule has 1 aromatic heterocycles. The number of nitrogens with zero attached hydrogens (tertiary/aromatic N) is 3. The smallest absolute Gasteiger partial charge is 0.254 e. The highest BCUT2D eigenvalue weighted by atomic mass is 16.2. The number of hydrogen-bond acceptors (Lipinski definition) is 4. The van der Waals surface area contributed by atoms with Crippen molar-refractivity contribution in [1.29, 1.82) is 5.26 Å². The predicted octanol–water partition coefficient (Wildman–Crippen LogP) is 1.95. The van der Waals surface area contributed by atoms with Gasteiger partial charge in [-0.2, -0.15) is 5.26 Å². The van der Waals surface area contributed by atoms with Gasteiger partial charge < -0.3 is 10.2 Å². The van der Waals surface area contributed by atoms with E-state index in [1.54, 1.807) is 19.2 Å². The Kier molecular flexibility index (Phi) is 4.00. The largest absolute Gasteiger partial charge is 0.373 e. The number of amides is 1. The van der Waals surface area contributed by atoms with Crippen LogP contribution in [-0.4, -0.2) is 35.4 Å². The number of carbonyl (C=O) groups is 1. The number of carbonyl (C=O) groups excluding carboxylic acids is 1. The van der Waals surface area contributed by atoms with Gasteiger partial charge in [0, 0.05) is 30.9 Å². The third-order valence-electron chi connectivity index (χ3n) is 3.17. The van der Waals surface area contributed by atoms with Gasteiger partial charge in [0.25, 0.3) is 5.91 Å². The quantitative estimate of drug-likeness (QED) is 0.876. The molecule has 1 saturated carbocycles. The van der Waals surface area contributed by atoms with Crippen molar-refractivity contribution in [1.82, 2.24) is 9.88 Å². The van der Waals surface area contributed by atoms with E-state index in [0.717, 1.165) is 18.5 Å². The third-order valence-corrected chi connectivity index (χ3v) is 3.17. The topological polar surface area (TPSA) is 69.0 Å². The minimum Gasteiger partial charge on any atom is -0.373 e. The van der Waals surface area contributed by atoms with Crippen molar-refractivity contribution in [2.75, 3.05) is 18.9 Å². The molecule has 2 rings (SSSR count). The van der Waals surface area contributed by atoms with Gasteiger partial charge in [0.2, 0.25) is 0 Å². The first-order valence-electron chi connectivity index (χ1n) is 6.50. The highest BCUT2D eigenvalue weighted by molar-refractivity contribution is 5.95. The number of pyridine rings is 1. The van der Waals surface area contributed by atoms with Crippen LogP contribution >= 0.6 is 0 Å². The molecule has 0 aliphatic heterocycles. The number of nitrogens with one attached hydrogen (secondary N) is 1. The Morgan fingerprint density at radius 1 is 1.58 bits per heavy atom. The first kappa shape index (κ1) is 13.3. The van der Waals surface area contributed by atoms with E-state index in [-0.39, 0.29) is 5.91 Å². The van der Waals surface area contributed by atoms with Crippen LogP contribution in [0.1, 0.15) is 35.3 Å². The first-order valence-corrected chi connectivity index (χ1v) is 6.50. The molecule has 1 fully saturated rings. The molecule has 1 N–H and O–H groups in total. The summed E-state index contributed by atoms with van der Waals surface area (Å²) in [6.45, 7) is 2.38. The highest BCUT2D eigenvalue weighted by Crippen LogP contribution is 2.28. The summed E-state index contributed by atoms with van der Waals surface area (Å²) in [7, 11) is 1.78. The van der Waals surface area contributed by atoms with Crippen LogP contribution in [0.4, 0.5) is 5.82 Å². The molecule has 1 aromatic rings. The van der Waals surface area contributed by atoms with Gasteiger partial charge in [0.15, 0.2) is 0 Å². The maximum absolute atomic E-state index is 12.5. The molecule has 1 aliphatic rings. The molecule has 1 aliphatic carbocycles. The second kappa shape index (κ2) is 5.70. The van der Waals surface area contributed by atoms with Gasteiger partial charge in [0.1, 0.15) is 5.82 Å². The summed E-state index contributed by atoms with van der Waals surface area (Å²) < 4.78 is 0. The van der Waals surface area contributed by atoms with Gasteiger partial charge in [-0.15, -0.1) is 0 Å². The average Bonchev–Trinajstić information content (AvgIpc) is 3.22.